The fraction of sp³-hybridized carbons (Fsp3) is 0.611. The minimum absolute atomic E-state index is 0.00729. The minimum atomic E-state index is -0.403. The van der Waals surface area contributed by atoms with Gasteiger partial charge in [-0.2, -0.15) is 0 Å². The van der Waals surface area contributed by atoms with Gasteiger partial charge in [0.15, 0.2) is 0 Å². The third kappa shape index (κ3) is 5.52. The Labute approximate surface area is 138 Å². The number of unbranched alkanes of at least 4 members (excludes halogenated alkanes) is 3. The van der Waals surface area contributed by atoms with Crippen molar-refractivity contribution >= 4 is 11.6 Å². The van der Waals surface area contributed by atoms with E-state index in [4.69, 9.17) is 5.11 Å². The van der Waals surface area contributed by atoms with Crippen molar-refractivity contribution in [1.29, 1.82) is 0 Å². The molecule has 5 heteroatoms. The lowest BCUT2D eigenvalue weighted by Gasteiger charge is -2.30. The molecule has 0 spiro atoms. The highest BCUT2D eigenvalue weighted by Gasteiger charge is 2.24. The molecule has 0 saturated carbocycles. The van der Waals surface area contributed by atoms with Crippen molar-refractivity contribution in [3.05, 3.63) is 29.8 Å². The first-order chi connectivity index (χ1) is 11.2. The van der Waals surface area contributed by atoms with E-state index < -0.39 is 6.10 Å². The van der Waals surface area contributed by atoms with Gasteiger partial charge in [0.2, 0.25) is 0 Å². The van der Waals surface area contributed by atoms with Crippen LogP contribution in [0.5, 0.6) is 0 Å². The molecule has 1 saturated heterocycles. The van der Waals surface area contributed by atoms with E-state index in [0.717, 1.165) is 50.8 Å². The van der Waals surface area contributed by atoms with Gasteiger partial charge >= 0.3 is 0 Å². The van der Waals surface area contributed by atoms with Crippen LogP contribution < -0.4 is 5.32 Å². The molecule has 1 aromatic carbocycles. The number of aliphatic hydroxyl groups is 2. The van der Waals surface area contributed by atoms with Gasteiger partial charge in [0.05, 0.1) is 11.7 Å². The molecule has 1 aliphatic heterocycles. The van der Waals surface area contributed by atoms with Crippen LogP contribution in [0.25, 0.3) is 0 Å². The van der Waals surface area contributed by atoms with Gasteiger partial charge < -0.3 is 20.4 Å². The van der Waals surface area contributed by atoms with Gasteiger partial charge in [-0.1, -0.05) is 25.0 Å². The number of carbonyl (C=O) groups is 1. The monoisotopic (exact) mass is 320 g/mol. The molecule has 5 nitrogen and oxygen atoms in total. The molecule has 0 aliphatic carbocycles. The number of amides is 1. The zero-order valence-corrected chi connectivity index (χ0v) is 13.7. The highest BCUT2D eigenvalue weighted by atomic mass is 16.3. The summed E-state index contributed by atoms with van der Waals surface area (Å²) in [6.45, 7) is 2.21. The fourth-order valence-corrected chi connectivity index (χ4v) is 2.95. The maximum absolute atomic E-state index is 12.7. The molecule has 23 heavy (non-hydrogen) atoms. The van der Waals surface area contributed by atoms with Crippen LogP contribution in [0.3, 0.4) is 0 Å². The Morgan fingerprint density at radius 1 is 1.22 bits per heavy atom. The van der Waals surface area contributed by atoms with Crippen molar-refractivity contribution < 1.29 is 15.0 Å². The molecule has 2 rings (SSSR count). The lowest BCUT2D eigenvalue weighted by molar-refractivity contribution is 0.0474. The Hall–Kier alpha value is -1.59. The number of nitrogens with zero attached hydrogens (tertiary/aromatic N) is 1. The average Bonchev–Trinajstić information content (AvgIpc) is 2.58. The van der Waals surface area contributed by atoms with Crippen molar-refractivity contribution in [2.24, 2.45) is 0 Å². The standard InChI is InChI=1S/C18H28N2O3/c21-13-6-2-1-5-11-19-17-10-4-3-9-16(17)18(23)20-12-7-8-15(22)14-20/h3-4,9-10,15,19,21-22H,1-2,5-8,11-14H2. The zero-order valence-electron chi connectivity index (χ0n) is 13.7. The predicted molar refractivity (Wildman–Crippen MR) is 91.6 cm³/mol. The van der Waals surface area contributed by atoms with E-state index in [-0.39, 0.29) is 12.5 Å². The molecule has 0 aromatic heterocycles. The number of nitrogens with one attached hydrogen (secondary N) is 1. The van der Waals surface area contributed by atoms with Crippen LogP contribution in [-0.4, -0.2) is 53.4 Å². The molecule has 3 N–H and O–H groups in total. The first-order valence-electron chi connectivity index (χ1n) is 8.63. The van der Waals surface area contributed by atoms with Crippen LogP contribution >= 0.6 is 0 Å². The minimum Gasteiger partial charge on any atom is -0.396 e. The highest BCUT2D eigenvalue weighted by Crippen LogP contribution is 2.20. The number of para-hydroxylation sites is 1. The Bertz CT molecular complexity index is 493. The third-order valence-electron chi connectivity index (χ3n) is 4.24. The van der Waals surface area contributed by atoms with Gasteiger partial charge in [0.1, 0.15) is 0 Å². The summed E-state index contributed by atoms with van der Waals surface area (Å²) in [5, 5.41) is 21.9. The van der Waals surface area contributed by atoms with Gasteiger partial charge in [0.25, 0.3) is 5.91 Å². The van der Waals surface area contributed by atoms with Gasteiger partial charge in [-0.3, -0.25) is 4.79 Å². The second-order valence-electron chi connectivity index (χ2n) is 6.16. The van der Waals surface area contributed by atoms with Gasteiger partial charge in [-0.15, -0.1) is 0 Å². The van der Waals surface area contributed by atoms with Crippen LogP contribution in [0.2, 0.25) is 0 Å². The number of benzene rings is 1. The van der Waals surface area contributed by atoms with Crippen molar-refractivity contribution in [1.82, 2.24) is 4.90 Å². The van der Waals surface area contributed by atoms with Gasteiger partial charge in [-0.05, 0) is 37.8 Å². The summed E-state index contributed by atoms with van der Waals surface area (Å²) >= 11 is 0. The van der Waals surface area contributed by atoms with Crippen molar-refractivity contribution in [3.8, 4) is 0 Å². The smallest absolute Gasteiger partial charge is 0.256 e. The molecule has 1 fully saturated rings. The second-order valence-corrected chi connectivity index (χ2v) is 6.16. The van der Waals surface area contributed by atoms with Crippen molar-refractivity contribution in [2.75, 3.05) is 31.6 Å². The molecule has 0 radical (unpaired) electrons. The van der Waals surface area contributed by atoms with E-state index in [0.29, 0.717) is 18.7 Å². The Balaban J connectivity index is 1.90. The first-order valence-corrected chi connectivity index (χ1v) is 8.63. The summed E-state index contributed by atoms with van der Waals surface area (Å²) in [5.41, 5.74) is 1.54. The number of rotatable bonds is 8. The molecular weight excluding hydrogens is 292 g/mol. The Kier molecular flexibility index (Phi) is 7.36. The molecule has 1 aromatic rings. The number of carbonyl (C=O) groups excluding carboxylic acids is 1. The number of aliphatic hydroxyl groups excluding tert-OH is 2. The molecule has 1 amide bonds. The normalized spacial score (nSPS) is 18.0. The van der Waals surface area contributed by atoms with Crippen LogP contribution in [0.1, 0.15) is 48.9 Å². The van der Waals surface area contributed by atoms with Crippen molar-refractivity contribution in [3.63, 3.8) is 0 Å². The number of hydrogen-bond acceptors (Lipinski definition) is 4. The fourth-order valence-electron chi connectivity index (χ4n) is 2.95. The lowest BCUT2D eigenvalue weighted by Crippen LogP contribution is -2.42. The van der Waals surface area contributed by atoms with Gasteiger partial charge in [0, 0.05) is 31.9 Å². The molecule has 128 valence electrons. The summed E-state index contributed by atoms with van der Waals surface area (Å²) in [6, 6.07) is 7.58. The molecule has 1 aliphatic rings. The van der Waals surface area contributed by atoms with Gasteiger partial charge in [-0.25, -0.2) is 0 Å². The van der Waals surface area contributed by atoms with E-state index in [1.807, 2.05) is 24.3 Å². The maximum atomic E-state index is 12.7. The molecule has 1 atom stereocenters. The lowest BCUT2D eigenvalue weighted by atomic mass is 10.1. The Morgan fingerprint density at radius 2 is 2.00 bits per heavy atom. The molecule has 1 unspecified atom stereocenters. The molecular formula is C18H28N2O3. The maximum Gasteiger partial charge on any atom is 0.256 e. The van der Waals surface area contributed by atoms with Crippen LogP contribution in [0.15, 0.2) is 24.3 Å². The summed E-state index contributed by atoms with van der Waals surface area (Å²) in [6.07, 6.45) is 5.20. The third-order valence-corrected chi connectivity index (χ3v) is 4.24. The first kappa shape index (κ1) is 17.8. The van der Waals surface area contributed by atoms with E-state index in [1.165, 1.54) is 0 Å². The predicted octanol–water partition coefficient (Wildman–Crippen LogP) is 2.25. The van der Waals surface area contributed by atoms with Crippen LogP contribution in [0.4, 0.5) is 5.69 Å². The summed E-state index contributed by atoms with van der Waals surface area (Å²) in [5.74, 6) is -0.00729. The van der Waals surface area contributed by atoms with Crippen LogP contribution in [0, 0.1) is 0 Å². The second kappa shape index (κ2) is 9.53. The summed E-state index contributed by atoms with van der Waals surface area (Å²) in [4.78, 5) is 14.4. The summed E-state index contributed by atoms with van der Waals surface area (Å²) in [7, 11) is 0. The number of β-amino-alcohol motifs (C(OH)–C–C–N with tert-alkyl or cyclic N) is 1. The summed E-state index contributed by atoms with van der Waals surface area (Å²) < 4.78 is 0. The Morgan fingerprint density at radius 3 is 2.78 bits per heavy atom. The van der Waals surface area contributed by atoms with E-state index in [1.54, 1.807) is 4.90 Å². The number of anilines is 1. The topological polar surface area (TPSA) is 72.8 Å². The average molecular weight is 320 g/mol. The van der Waals surface area contributed by atoms with E-state index >= 15 is 0 Å². The molecule has 0 bridgehead atoms. The van der Waals surface area contributed by atoms with E-state index in [9.17, 15) is 9.90 Å². The molecule has 1 heterocycles. The number of likely N-dealkylation sites (tertiary alicyclic amines) is 1. The zero-order chi connectivity index (χ0) is 16.5. The van der Waals surface area contributed by atoms with E-state index in [2.05, 4.69) is 5.32 Å². The largest absolute Gasteiger partial charge is 0.396 e. The van der Waals surface area contributed by atoms with Crippen LogP contribution in [-0.2, 0) is 0 Å². The van der Waals surface area contributed by atoms with Crippen molar-refractivity contribution in [2.45, 2.75) is 44.6 Å². The highest BCUT2D eigenvalue weighted by molar-refractivity contribution is 5.99. The SMILES string of the molecule is O=C(c1ccccc1NCCCCCCO)N1CCCC(O)C1. The number of hydrogen-bond donors (Lipinski definition) is 3. The quantitative estimate of drug-likeness (QED) is 0.642. The number of piperidine rings is 1.